The van der Waals surface area contributed by atoms with E-state index in [2.05, 4.69) is 16.0 Å². The summed E-state index contributed by atoms with van der Waals surface area (Å²) >= 11 is 1.38. The van der Waals surface area contributed by atoms with Crippen LogP contribution in [-0.2, 0) is 9.53 Å². The summed E-state index contributed by atoms with van der Waals surface area (Å²) in [5.41, 5.74) is 1.30. The van der Waals surface area contributed by atoms with Gasteiger partial charge in [0, 0.05) is 30.4 Å². The third-order valence-electron chi connectivity index (χ3n) is 3.58. The number of nitrogens with one attached hydrogen (secondary N) is 3. The average Bonchev–Trinajstić information content (AvgIpc) is 3.10. The van der Waals surface area contributed by atoms with Gasteiger partial charge in [-0.1, -0.05) is 12.1 Å². The van der Waals surface area contributed by atoms with E-state index in [1.165, 1.54) is 11.3 Å². The molecule has 0 spiro atoms. The topological polar surface area (TPSA) is 79.5 Å². The van der Waals surface area contributed by atoms with Gasteiger partial charge in [-0.2, -0.15) is 0 Å². The Morgan fingerprint density at radius 1 is 1.21 bits per heavy atom. The highest BCUT2D eigenvalue weighted by Gasteiger charge is 2.17. The molecule has 2 heterocycles. The fourth-order valence-corrected chi connectivity index (χ4v) is 3.08. The lowest BCUT2D eigenvalue weighted by molar-refractivity contribution is -0.117. The van der Waals surface area contributed by atoms with Gasteiger partial charge in [-0.15, -0.1) is 11.3 Å². The molecule has 7 heteroatoms. The van der Waals surface area contributed by atoms with E-state index in [9.17, 15) is 9.59 Å². The van der Waals surface area contributed by atoms with Gasteiger partial charge >= 0.3 is 0 Å². The molecule has 0 radical (unpaired) electrons. The zero-order valence-corrected chi connectivity index (χ0v) is 13.9. The first kappa shape index (κ1) is 16.6. The molecular weight excluding hydrogens is 326 g/mol. The number of ether oxygens (including phenoxy) is 1. The van der Waals surface area contributed by atoms with Crippen LogP contribution >= 0.6 is 11.3 Å². The van der Waals surface area contributed by atoms with E-state index >= 15 is 0 Å². The Kier molecular flexibility index (Phi) is 5.58. The number of amides is 2. The first-order chi connectivity index (χ1) is 11.7. The van der Waals surface area contributed by atoms with Crippen molar-refractivity contribution in [3.63, 3.8) is 0 Å². The molecule has 24 heavy (non-hydrogen) atoms. The molecular formula is C17H19N3O3S. The van der Waals surface area contributed by atoms with E-state index in [0.29, 0.717) is 35.9 Å². The third-order valence-corrected chi connectivity index (χ3v) is 4.45. The van der Waals surface area contributed by atoms with Crippen LogP contribution < -0.4 is 16.0 Å². The van der Waals surface area contributed by atoms with Gasteiger partial charge in [0.2, 0.25) is 5.91 Å². The molecule has 3 rings (SSSR count). The molecule has 1 aliphatic heterocycles. The summed E-state index contributed by atoms with van der Waals surface area (Å²) in [5, 5.41) is 10.8. The molecule has 1 saturated heterocycles. The maximum atomic E-state index is 12.1. The van der Waals surface area contributed by atoms with Gasteiger partial charge in [0.15, 0.2) is 0 Å². The van der Waals surface area contributed by atoms with Crippen LogP contribution in [0.15, 0.2) is 41.8 Å². The highest BCUT2D eigenvalue weighted by molar-refractivity contribution is 7.12. The van der Waals surface area contributed by atoms with Crippen molar-refractivity contribution in [1.29, 1.82) is 0 Å². The van der Waals surface area contributed by atoms with Crippen LogP contribution in [0.25, 0.3) is 0 Å². The minimum absolute atomic E-state index is 0.0421. The van der Waals surface area contributed by atoms with Gasteiger partial charge in [0.25, 0.3) is 5.91 Å². The number of hydrogen-bond donors (Lipinski definition) is 3. The highest BCUT2D eigenvalue weighted by Crippen LogP contribution is 2.18. The monoisotopic (exact) mass is 345 g/mol. The number of rotatable bonds is 5. The molecule has 0 bridgehead atoms. The molecule has 1 aromatic heterocycles. The van der Waals surface area contributed by atoms with Crippen molar-refractivity contribution < 1.29 is 14.3 Å². The SMILES string of the molecule is O=C(CC1COCCN1)Nc1cccc(NC(=O)c2cccs2)c1. The van der Waals surface area contributed by atoms with Crippen molar-refractivity contribution in [2.24, 2.45) is 0 Å². The van der Waals surface area contributed by atoms with Crippen LogP contribution in [0.1, 0.15) is 16.1 Å². The van der Waals surface area contributed by atoms with Crippen molar-refractivity contribution >= 4 is 34.5 Å². The molecule has 3 N–H and O–H groups in total. The molecule has 2 aromatic rings. The van der Waals surface area contributed by atoms with E-state index in [4.69, 9.17) is 4.74 Å². The maximum absolute atomic E-state index is 12.1. The van der Waals surface area contributed by atoms with Gasteiger partial charge in [-0.3, -0.25) is 9.59 Å². The average molecular weight is 345 g/mol. The Morgan fingerprint density at radius 2 is 2.04 bits per heavy atom. The van der Waals surface area contributed by atoms with Gasteiger partial charge in [0.05, 0.1) is 18.1 Å². The Balaban J connectivity index is 1.56. The van der Waals surface area contributed by atoms with E-state index in [-0.39, 0.29) is 17.9 Å². The summed E-state index contributed by atoms with van der Waals surface area (Å²) in [6.45, 7) is 2.00. The second kappa shape index (κ2) is 8.05. The number of morpholine rings is 1. The molecule has 0 aliphatic carbocycles. The standard InChI is InChI=1S/C17H19N3O3S/c21-16(10-14-11-23-7-6-18-14)19-12-3-1-4-13(9-12)20-17(22)15-5-2-8-24-15/h1-5,8-9,14,18H,6-7,10-11H2,(H,19,21)(H,20,22). The number of anilines is 2. The Morgan fingerprint density at radius 3 is 2.75 bits per heavy atom. The van der Waals surface area contributed by atoms with Gasteiger partial charge < -0.3 is 20.7 Å². The van der Waals surface area contributed by atoms with Gasteiger partial charge in [0.1, 0.15) is 0 Å². The molecule has 0 saturated carbocycles. The molecule has 1 aromatic carbocycles. The van der Waals surface area contributed by atoms with Crippen LogP contribution in [0.4, 0.5) is 11.4 Å². The number of carbonyl (C=O) groups excluding carboxylic acids is 2. The van der Waals surface area contributed by atoms with Crippen molar-refractivity contribution in [3.05, 3.63) is 46.7 Å². The lowest BCUT2D eigenvalue weighted by atomic mass is 10.2. The zero-order chi connectivity index (χ0) is 16.8. The summed E-state index contributed by atoms with van der Waals surface area (Å²) in [6, 6.07) is 10.8. The summed E-state index contributed by atoms with van der Waals surface area (Å²) in [4.78, 5) is 24.8. The van der Waals surface area contributed by atoms with Crippen molar-refractivity contribution in [3.8, 4) is 0 Å². The summed E-state index contributed by atoms with van der Waals surface area (Å²) < 4.78 is 5.34. The normalized spacial score (nSPS) is 17.2. The summed E-state index contributed by atoms with van der Waals surface area (Å²) in [6.07, 6.45) is 0.353. The Bertz CT molecular complexity index is 697. The van der Waals surface area contributed by atoms with E-state index < -0.39 is 0 Å². The largest absolute Gasteiger partial charge is 0.378 e. The first-order valence-corrected chi connectivity index (χ1v) is 8.64. The first-order valence-electron chi connectivity index (χ1n) is 7.76. The van der Waals surface area contributed by atoms with Crippen LogP contribution in [0, 0.1) is 0 Å². The lowest BCUT2D eigenvalue weighted by Gasteiger charge is -2.23. The molecule has 2 amide bonds. The number of benzene rings is 1. The molecule has 1 unspecified atom stereocenters. The van der Waals surface area contributed by atoms with Gasteiger partial charge in [-0.25, -0.2) is 0 Å². The molecule has 126 valence electrons. The number of hydrogen-bond acceptors (Lipinski definition) is 5. The predicted octanol–water partition coefficient (Wildman–Crippen LogP) is 2.32. The fourth-order valence-electron chi connectivity index (χ4n) is 2.46. The van der Waals surface area contributed by atoms with Crippen molar-refractivity contribution in [2.45, 2.75) is 12.5 Å². The summed E-state index contributed by atoms with van der Waals surface area (Å²) in [5.74, 6) is -0.239. The van der Waals surface area contributed by atoms with Crippen LogP contribution in [0.2, 0.25) is 0 Å². The van der Waals surface area contributed by atoms with E-state index in [1.54, 1.807) is 30.3 Å². The minimum atomic E-state index is -0.156. The van der Waals surface area contributed by atoms with Gasteiger partial charge in [-0.05, 0) is 29.6 Å². The second-order valence-corrected chi connectivity index (χ2v) is 6.44. The molecule has 6 nitrogen and oxygen atoms in total. The number of carbonyl (C=O) groups is 2. The Labute approximate surface area is 144 Å². The van der Waals surface area contributed by atoms with Crippen LogP contribution in [-0.4, -0.2) is 37.6 Å². The zero-order valence-electron chi connectivity index (χ0n) is 13.1. The van der Waals surface area contributed by atoms with E-state index in [0.717, 1.165) is 6.54 Å². The third kappa shape index (κ3) is 4.64. The Hall–Kier alpha value is -2.22. The van der Waals surface area contributed by atoms with E-state index in [1.807, 2.05) is 11.4 Å². The molecule has 1 atom stereocenters. The maximum Gasteiger partial charge on any atom is 0.265 e. The fraction of sp³-hybridized carbons (Fsp3) is 0.294. The predicted molar refractivity (Wildman–Crippen MR) is 94.6 cm³/mol. The quantitative estimate of drug-likeness (QED) is 0.777. The summed E-state index contributed by atoms with van der Waals surface area (Å²) in [7, 11) is 0. The van der Waals surface area contributed by atoms with Crippen LogP contribution in [0.5, 0.6) is 0 Å². The van der Waals surface area contributed by atoms with Crippen molar-refractivity contribution in [2.75, 3.05) is 30.4 Å². The lowest BCUT2D eigenvalue weighted by Crippen LogP contribution is -2.43. The molecule has 1 aliphatic rings. The highest BCUT2D eigenvalue weighted by atomic mass is 32.1. The smallest absolute Gasteiger partial charge is 0.265 e. The second-order valence-electron chi connectivity index (χ2n) is 5.49. The number of thiophene rings is 1. The minimum Gasteiger partial charge on any atom is -0.378 e. The van der Waals surface area contributed by atoms with Crippen molar-refractivity contribution in [1.82, 2.24) is 5.32 Å². The molecule has 1 fully saturated rings. The van der Waals surface area contributed by atoms with Crippen LogP contribution in [0.3, 0.4) is 0 Å².